The molecule has 0 unspecified atom stereocenters. The summed E-state index contributed by atoms with van der Waals surface area (Å²) in [6, 6.07) is 9.72. The van der Waals surface area contributed by atoms with Crippen molar-refractivity contribution >= 4 is 34.5 Å². The van der Waals surface area contributed by atoms with Crippen molar-refractivity contribution in [2.45, 2.75) is 20.3 Å². The van der Waals surface area contributed by atoms with Crippen LogP contribution in [-0.4, -0.2) is 5.91 Å². The molecule has 2 nitrogen and oxygen atoms in total. The van der Waals surface area contributed by atoms with Gasteiger partial charge in [0.05, 0.1) is 10.8 Å². The van der Waals surface area contributed by atoms with Crippen LogP contribution in [0.1, 0.15) is 16.0 Å². The monoisotopic (exact) mass is 279 g/mol. The fourth-order valence-corrected chi connectivity index (χ4v) is 2.76. The number of halogens is 1. The van der Waals surface area contributed by atoms with Crippen LogP contribution < -0.4 is 5.32 Å². The Morgan fingerprint density at radius 1 is 1.28 bits per heavy atom. The number of rotatable bonds is 3. The summed E-state index contributed by atoms with van der Waals surface area (Å²) in [6.45, 7) is 3.99. The van der Waals surface area contributed by atoms with Gasteiger partial charge >= 0.3 is 0 Å². The lowest BCUT2D eigenvalue weighted by Crippen LogP contribution is -2.14. The second-order valence-electron chi connectivity index (χ2n) is 4.25. The molecule has 0 spiro atoms. The Bertz CT molecular complexity index is 577. The lowest BCUT2D eigenvalue weighted by molar-refractivity contribution is -0.115. The third-order valence-electron chi connectivity index (χ3n) is 2.63. The van der Waals surface area contributed by atoms with Gasteiger partial charge in [0.25, 0.3) is 0 Å². The number of hydrogen-bond donors (Lipinski definition) is 1. The smallest absolute Gasteiger partial charge is 0.229 e. The van der Waals surface area contributed by atoms with Crippen LogP contribution in [0.15, 0.2) is 30.3 Å². The molecule has 0 fully saturated rings. The number of nitrogens with one attached hydrogen (secondary N) is 1. The van der Waals surface area contributed by atoms with Gasteiger partial charge in [0.2, 0.25) is 5.91 Å². The van der Waals surface area contributed by atoms with Crippen LogP contribution in [0.25, 0.3) is 0 Å². The molecular weight excluding hydrogens is 266 g/mol. The maximum Gasteiger partial charge on any atom is 0.229 e. The lowest BCUT2D eigenvalue weighted by atomic mass is 10.1. The van der Waals surface area contributed by atoms with Gasteiger partial charge in [-0.05, 0) is 43.2 Å². The molecule has 0 saturated carbocycles. The van der Waals surface area contributed by atoms with Gasteiger partial charge in [-0.2, -0.15) is 0 Å². The van der Waals surface area contributed by atoms with Crippen molar-refractivity contribution in [1.82, 2.24) is 0 Å². The third kappa shape index (κ3) is 3.34. The lowest BCUT2D eigenvalue weighted by Gasteiger charge is -2.08. The molecule has 1 N–H and O–H groups in total. The Morgan fingerprint density at radius 2 is 2.06 bits per heavy atom. The van der Waals surface area contributed by atoms with Gasteiger partial charge in [-0.15, -0.1) is 11.3 Å². The van der Waals surface area contributed by atoms with Crippen molar-refractivity contribution in [1.29, 1.82) is 0 Å². The van der Waals surface area contributed by atoms with Gasteiger partial charge in [-0.3, -0.25) is 4.79 Å². The largest absolute Gasteiger partial charge is 0.326 e. The predicted molar refractivity (Wildman–Crippen MR) is 77.6 cm³/mol. The van der Waals surface area contributed by atoms with E-state index in [2.05, 4.69) is 5.32 Å². The Balaban J connectivity index is 2.05. The van der Waals surface area contributed by atoms with E-state index in [1.54, 1.807) is 0 Å². The number of thiophene rings is 1. The molecule has 2 rings (SSSR count). The van der Waals surface area contributed by atoms with Gasteiger partial charge in [-0.1, -0.05) is 23.7 Å². The van der Waals surface area contributed by atoms with E-state index >= 15 is 0 Å². The summed E-state index contributed by atoms with van der Waals surface area (Å²) >= 11 is 7.28. The number of anilines is 1. The Kier molecular flexibility index (Phi) is 4.04. The Morgan fingerprint density at radius 3 is 2.72 bits per heavy atom. The van der Waals surface area contributed by atoms with Crippen molar-refractivity contribution in [3.63, 3.8) is 0 Å². The van der Waals surface area contributed by atoms with Gasteiger partial charge in [0.15, 0.2) is 0 Å². The molecule has 18 heavy (non-hydrogen) atoms. The number of carbonyl (C=O) groups is 1. The molecule has 94 valence electrons. The molecule has 0 saturated heterocycles. The molecule has 2 aromatic rings. The summed E-state index contributed by atoms with van der Waals surface area (Å²) in [5.41, 5.74) is 3.08. The predicted octanol–water partition coefficient (Wildman–Crippen LogP) is 4.20. The first-order valence-electron chi connectivity index (χ1n) is 5.66. The number of amides is 1. The standard InChI is InChI=1S/C14H14ClNOS/c1-9-3-4-10(2)12(7-9)16-14(17)8-11-5-6-13(15)18-11/h3-7H,8H2,1-2H3,(H,16,17). The Labute approximate surface area is 116 Å². The first-order chi connectivity index (χ1) is 8.54. The van der Waals surface area contributed by atoms with Gasteiger partial charge < -0.3 is 5.32 Å². The number of hydrogen-bond acceptors (Lipinski definition) is 2. The van der Waals surface area contributed by atoms with E-state index in [-0.39, 0.29) is 5.91 Å². The molecular formula is C14H14ClNOS. The van der Waals surface area contributed by atoms with E-state index in [1.807, 2.05) is 44.2 Å². The van der Waals surface area contributed by atoms with E-state index in [4.69, 9.17) is 11.6 Å². The van der Waals surface area contributed by atoms with Crippen LogP contribution >= 0.6 is 22.9 Å². The van der Waals surface area contributed by atoms with E-state index in [0.29, 0.717) is 10.8 Å². The highest BCUT2D eigenvalue weighted by molar-refractivity contribution is 7.16. The van der Waals surface area contributed by atoms with E-state index in [9.17, 15) is 4.79 Å². The SMILES string of the molecule is Cc1ccc(C)c(NC(=O)Cc2ccc(Cl)s2)c1. The molecule has 0 radical (unpaired) electrons. The average molecular weight is 280 g/mol. The fourth-order valence-electron chi connectivity index (χ4n) is 1.67. The zero-order valence-electron chi connectivity index (χ0n) is 10.3. The average Bonchev–Trinajstić information content (AvgIpc) is 2.69. The van der Waals surface area contributed by atoms with E-state index in [1.165, 1.54) is 11.3 Å². The van der Waals surface area contributed by atoms with Crippen molar-refractivity contribution in [2.24, 2.45) is 0 Å². The molecule has 0 aliphatic rings. The van der Waals surface area contributed by atoms with Crippen molar-refractivity contribution in [3.8, 4) is 0 Å². The first-order valence-corrected chi connectivity index (χ1v) is 6.85. The highest BCUT2D eigenvalue weighted by atomic mass is 35.5. The summed E-state index contributed by atoms with van der Waals surface area (Å²) in [5.74, 6) is -0.0118. The van der Waals surface area contributed by atoms with Crippen LogP contribution in [0, 0.1) is 13.8 Å². The minimum Gasteiger partial charge on any atom is -0.326 e. The minimum absolute atomic E-state index is 0.0118. The highest BCUT2D eigenvalue weighted by Crippen LogP contribution is 2.22. The molecule has 1 heterocycles. The molecule has 0 bridgehead atoms. The van der Waals surface area contributed by atoms with E-state index in [0.717, 1.165) is 21.7 Å². The summed E-state index contributed by atoms with van der Waals surface area (Å²) in [7, 11) is 0. The summed E-state index contributed by atoms with van der Waals surface area (Å²) < 4.78 is 0.713. The van der Waals surface area contributed by atoms with Crippen LogP contribution in [0.2, 0.25) is 4.34 Å². The summed E-state index contributed by atoms with van der Waals surface area (Å²) in [5, 5.41) is 2.93. The molecule has 1 amide bonds. The quantitative estimate of drug-likeness (QED) is 0.896. The van der Waals surface area contributed by atoms with Crippen molar-refractivity contribution in [3.05, 3.63) is 50.7 Å². The normalized spacial score (nSPS) is 10.4. The second kappa shape index (κ2) is 5.55. The molecule has 1 aromatic heterocycles. The minimum atomic E-state index is -0.0118. The first kappa shape index (κ1) is 13.1. The summed E-state index contributed by atoms with van der Waals surface area (Å²) in [6.07, 6.45) is 0.366. The molecule has 1 aromatic carbocycles. The zero-order valence-corrected chi connectivity index (χ0v) is 11.9. The second-order valence-corrected chi connectivity index (χ2v) is 6.05. The van der Waals surface area contributed by atoms with Gasteiger partial charge in [0.1, 0.15) is 0 Å². The van der Waals surface area contributed by atoms with E-state index < -0.39 is 0 Å². The number of carbonyl (C=O) groups excluding carboxylic acids is 1. The zero-order chi connectivity index (χ0) is 13.1. The fraction of sp³-hybridized carbons (Fsp3) is 0.214. The van der Waals surface area contributed by atoms with Crippen LogP contribution in [-0.2, 0) is 11.2 Å². The molecule has 0 aliphatic carbocycles. The molecule has 0 atom stereocenters. The summed E-state index contributed by atoms with van der Waals surface area (Å²) in [4.78, 5) is 12.9. The Hall–Kier alpha value is -1.32. The highest BCUT2D eigenvalue weighted by Gasteiger charge is 2.08. The third-order valence-corrected chi connectivity index (χ3v) is 3.86. The maximum atomic E-state index is 11.9. The van der Waals surface area contributed by atoms with Crippen molar-refractivity contribution in [2.75, 3.05) is 5.32 Å². The number of benzene rings is 1. The van der Waals surface area contributed by atoms with Crippen molar-refractivity contribution < 1.29 is 4.79 Å². The van der Waals surface area contributed by atoms with Crippen LogP contribution in [0.4, 0.5) is 5.69 Å². The molecule has 4 heteroatoms. The van der Waals surface area contributed by atoms with Crippen LogP contribution in [0.3, 0.4) is 0 Å². The van der Waals surface area contributed by atoms with Crippen LogP contribution in [0.5, 0.6) is 0 Å². The molecule has 0 aliphatic heterocycles. The maximum absolute atomic E-state index is 11.9. The number of aryl methyl sites for hydroxylation is 2. The van der Waals surface area contributed by atoms with Gasteiger partial charge in [-0.25, -0.2) is 0 Å². The van der Waals surface area contributed by atoms with Gasteiger partial charge in [0, 0.05) is 10.6 Å². The topological polar surface area (TPSA) is 29.1 Å².